The number of rotatable bonds is 7. The molecule has 0 rings (SSSR count). The number of carbonyl (C=O) groups is 2. The third-order valence-corrected chi connectivity index (χ3v) is 1.65. The van der Waals surface area contributed by atoms with Crippen LogP contribution in [0.25, 0.3) is 0 Å². The summed E-state index contributed by atoms with van der Waals surface area (Å²) >= 11 is 0. The lowest BCUT2D eigenvalue weighted by atomic mass is 10.1. The summed E-state index contributed by atoms with van der Waals surface area (Å²) < 4.78 is 0. The van der Waals surface area contributed by atoms with Gasteiger partial charge in [0, 0.05) is 12.8 Å². The predicted octanol–water partition coefficient (Wildman–Crippen LogP) is 2.28. The van der Waals surface area contributed by atoms with E-state index in [4.69, 9.17) is 0 Å². The van der Waals surface area contributed by atoms with E-state index in [0.717, 1.165) is 12.8 Å². The molecule has 2 heteroatoms. The Morgan fingerprint density at radius 2 is 2.00 bits per heavy atom. The van der Waals surface area contributed by atoms with Crippen LogP contribution >= 0.6 is 0 Å². The average molecular weight is 168 g/mol. The Balaban J connectivity index is 3.46. The maximum absolute atomic E-state index is 11.0. The number of allylic oxidation sites excluding steroid dienone is 1. The molecule has 0 N–H and O–H groups in total. The van der Waals surface area contributed by atoms with Crippen LogP contribution in [0.3, 0.4) is 0 Å². The fourth-order valence-electron chi connectivity index (χ4n) is 0.877. The van der Waals surface area contributed by atoms with Gasteiger partial charge < -0.3 is 0 Å². The zero-order valence-electron chi connectivity index (χ0n) is 7.64. The van der Waals surface area contributed by atoms with Crippen molar-refractivity contribution < 1.29 is 9.59 Å². The molecule has 0 bridgehead atoms. The van der Waals surface area contributed by atoms with Gasteiger partial charge in [0.15, 0.2) is 0 Å². The van der Waals surface area contributed by atoms with Crippen molar-refractivity contribution in [2.24, 2.45) is 0 Å². The summed E-state index contributed by atoms with van der Waals surface area (Å²) in [4.78, 5) is 21.8. The molecule has 0 heterocycles. The lowest BCUT2D eigenvalue weighted by molar-refractivity contribution is -0.126. The van der Waals surface area contributed by atoms with E-state index in [1.807, 2.05) is 0 Å². The van der Waals surface area contributed by atoms with E-state index in [2.05, 4.69) is 6.58 Å². The van der Waals surface area contributed by atoms with Crippen molar-refractivity contribution in [1.29, 1.82) is 0 Å². The number of hydrogen-bond acceptors (Lipinski definition) is 2. The molecule has 0 aromatic heterocycles. The van der Waals surface area contributed by atoms with Gasteiger partial charge in [-0.05, 0) is 12.8 Å². The monoisotopic (exact) mass is 168 g/mol. The summed E-state index contributed by atoms with van der Waals surface area (Å²) in [5.41, 5.74) is 0. The molecule has 0 aromatic rings. The largest absolute Gasteiger partial charge is 0.299 e. The Kier molecular flexibility index (Phi) is 6.25. The van der Waals surface area contributed by atoms with E-state index in [9.17, 15) is 9.59 Å². The molecule has 68 valence electrons. The van der Waals surface area contributed by atoms with Crippen molar-refractivity contribution in [2.75, 3.05) is 0 Å². The molecule has 0 amide bonds. The molecule has 0 fully saturated rings. The van der Waals surface area contributed by atoms with Crippen molar-refractivity contribution in [1.82, 2.24) is 0 Å². The number of ketones is 2. The lowest BCUT2D eigenvalue weighted by Gasteiger charge is -1.96. The molecule has 0 aromatic carbocycles. The fraction of sp³-hybridized carbons (Fsp3) is 0.600. The molecule has 12 heavy (non-hydrogen) atoms. The Bertz CT molecular complexity index is 171. The highest BCUT2D eigenvalue weighted by atomic mass is 16.1. The van der Waals surface area contributed by atoms with Crippen LogP contribution < -0.4 is 0 Å². The van der Waals surface area contributed by atoms with Gasteiger partial charge >= 0.3 is 0 Å². The van der Waals surface area contributed by atoms with E-state index in [0.29, 0.717) is 12.8 Å². The summed E-state index contributed by atoms with van der Waals surface area (Å²) in [6.07, 6.45) is 4.55. The number of unbranched alkanes of at least 4 members (excludes halogenated alkanes) is 1. The van der Waals surface area contributed by atoms with Gasteiger partial charge in [-0.2, -0.15) is 0 Å². The summed E-state index contributed by atoms with van der Waals surface area (Å²) in [5.74, 6) is 0.0994. The SMILES string of the molecule is C=CCCCC(=O)CC(=O)CC. The second-order valence-corrected chi connectivity index (χ2v) is 2.79. The normalized spacial score (nSPS) is 9.42. The molecule has 0 saturated carbocycles. The van der Waals surface area contributed by atoms with Crippen molar-refractivity contribution in [3.05, 3.63) is 12.7 Å². The topological polar surface area (TPSA) is 34.1 Å². The fourth-order valence-corrected chi connectivity index (χ4v) is 0.877. The molecule has 2 nitrogen and oxygen atoms in total. The first-order valence-electron chi connectivity index (χ1n) is 4.35. The highest BCUT2D eigenvalue weighted by molar-refractivity contribution is 5.98. The maximum Gasteiger partial charge on any atom is 0.140 e. The third kappa shape index (κ3) is 5.83. The van der Waals surface area contributed by atoms with Crippen LogP contribution in [0.2, 0.25) is 0 Å². The minimum atomic E-state index is 0.0404. The first kappa shape index (κ1) is 11.1. The lowest BCUT2D eigenvalue weighted by Crippen LogP contribution is -2.05. The van der Waals surface area contributed by atoms with Crippen molar-refractivity contribution in [3.63, 3.8) is 0 Å². The van der Waals surface area contributed by atoms with Crippen LogP contribution in [0.5, 0.6) is 0 Å². The predicted molar refractivity (Wildman–Crippen MR) is 49.0 cm³/mol. The maximum atomic E-state index is 11.0. The molecule has 0 aliphatic heterocycles. The molecule has 0 atom stereocenters. The first-order chi connectivity index (χ1) is 5.70. The first-order valence-corrected chi connectivity index (χ1v) is 4.35. The van der Waals surface area contributed by atoms with Gasteiger partial charge in [0.25, 0.3) is 0 Å². The third-order valence-electron chi connectivity index (χ3n) is 1.65. The van der Waals surface area contributed by atoms with Gasteiger partial charge in [0.2, 0.25) is 0 Å². The van der Waals surface area contributed by atoms with Gasteiger partial charge in [-0.25, -0.2) is 0 Å². The Labute approximate surface area is 73.7 Å². The van der Waals surface area contributed by atoms with Crippen LogP contribution in [0, 0.1) is 0 Å². The second-order valence-electron chi connectivity index (χ2n) is 2.79. The average Bonchev–Trinajstić information content (AvgIpc) is 2.05. The molecule has 0 spiro atoms. The standard InChI is InChI=1S/C10H16O2/c1-3-5-6-7-10(12)8-9(11)4-2/h3H,1,4-8H2,2H3. The minimum Gasteiger partial charge on any atom is -0.299 e. The van der Waals surface area contributed by atoms with Crippen LogP contribution in [0.4, 0.5) is 0 Å². The number of Topliss-reactive ketones (excluding diaryl/α,β-unsaturated/α-hetero) is 2. The van der Waals surface area contributed by atoms with E-state index in [1.165, 1.54) is 0 Å². The van der Waals surface area contributed by atoms with Crippen molar-refractivity contribution in [3.8, 4) is 0 Å². The number of carbonyl (C=O) groups excluding carboxylic acids is 2. The van der Waals surface area contributed by atoms with Crippen LogP contribution in [-0.2, 0) is 9.59 Å². The Morgan fingerprint density at radius 1 is 1.33 bits per heavy atom. The van der Waals surface area contributed by atoms with E-state index in [1.54, 1.807) is 13.0 Å². The molecule has 0 radical (unpaired) electrons. The smallest absolute Gasteiger partial charge is 0.140 e. The minimum absolute atomic E-state index is 0.0404. The van der Waals surface area contributed by atoms with E-state index >= 15 is 0 Å². The van der Waals surface area contributed by atoms with Gasteiger partial charge in [0.1, 0.15) is 11.6 Å². The van der Waals surface area contributed by atoms with Gasteiger partial charge in [-0.1, -0.05) is 13.0 Å². The highest BCUT2D eigenvalue weighted by Crippen LogP contribution is 2.01. The molecule has 0 saturated heterocycles. The quantitative estimate of drug-likeness (QED) is 0.332. The van der Waals surface area contributed by atoms with Crippen LogP contribution in [0.1, 0.15) is 39.0 Å². The highest BCUT2D eigenvalue weighted by Gasteiger charge is 2.06. The Morgan fingerprint density at radius 3 is 2.50 bits per heavy atom. The van der Waals surface area contributed by atoms with Crippen LogP contribution in [0.15, 0.2) is 12.7 Å². The number of hydrogen-bond donors (Lipinski definition) is 0. The molecule has 0 unspecified atom stereocenters. The Hall–Kier alpha value is -0.920. The van der Waals surface area contributed by atoms with Gasteiger partial charge in [-0.3, -0.25) is 9.59 Å². The van der Waals surface area contributed by atoms with Crippen LogP contribution in [-0.4, -0.2) is 11.6 Å². The summed E-state index contributed by atoms with van der Waals surface area (Å²) in [5, 5.41) is 0. The molecular formula is C10H16O2. The summed E-state index contributed by atoms with van der Waals surface area (Å²) in [7, 11) is 0. The zero-order chi connectivity index (χ0) is 9.40. The zero-order valence-corrected chi connectivity index (χ0v) is 7.64. The van der Waals surface area contributed by atoms with E-state index < -0.39 is 0 Å². The summed E-state index contributed by atoms with van der Waals surface area (Å²) in [6, 6.07) is 0. The van der Waals surface area contributed by atoms with Crippen molar-refractivity contribution >= 4 is 11.6 Å². The molecular weight excluding hydrogens is 152 g/mol. The van der Waals surface area contributed by atoms with E-state index in [-0.39, 0.29) is 18.0 Å². The second kappa shape index (κ2) is 6.77. The van der Waals surface area contributed by atoms with Gasteiger partial charge in [-0.15, -0.1) is 6.58 Å². The summed E-state index contributed by atoms with van der Waals surface area (Å²) in [6.45, 7) is 5.33. The van der Waals surface area contributed by atoms with Crippen molar-refractivity contribution in [2.45, 2.75) is 39.0 Å². The molecule has 0 aliphatic carbocycles. The van der Waals surface area contributed by atoms with Gasteiger partial charge in [0.05, 0.1) is 6.42 Å². The molecule has 0 aliphatic rings.